The second-order valence-electron chi connectivity index (χ2n) is 4.92. The van der Waals surface area contributed by atoms with Gasteiger partial charge in [0, 0.05) is 0 Å². The Morgan fingerprint density at radius 3 is 2.14 bits per heavy atom. The summed E-state index contributed by atoms with van der Waals surface area (Å²) in [6.07, 6.45) is -4.49. The van der Waals surface area contributed by atoms with Gasteiger partial charge in [0.2, 0.25) is 0 Å². The van der Waals surface area contributed by atoms with Crippen LogP contribution in [0.4, 0.5) is 13.2 Å². The van der Waals surface area contributed by atoms with E-state index < -0.39 is 17.3 Å². The van der Waals surface area contributed by atoms with Crippen molar-refractivity contribution >= 4 is 0 Å². The quantitative estimate of drug-likeness (QED) is 0.924. The molecule has 5 heteroatoms. The predicted octanol–water partition coefficient (Wildman–Crippen LogP) is 3.99. The summed E-state index contributed by atoms with van der Waals surface area (Å²) >= 11 is 0. The molecule has 0 aromatic heterocycles. The lowest BCUT2D eigenvalue weighted by Crippen LogP contribution is -2.29. The Kier molecular flexibility index (Phi) is 4.23. The van der Waals surface area contributed by atoms with Crippen LogP contribution in [0.3, 0.4) is 0 Å². The van der Waals surface area contributed by atoms with Crippen molar-refractivity contribution in [2.45, 2.75) is 18.7 Å². The molecular weight excluding hydrogens is 281 g/mol. The number of alkyl halides is 3. The minimum atomic E-state index is -4.49. The molecule has 2 aromatic rings. The van der Waals surface area contributed by atoms with Crippen molar-refractivity contribution in [1.82, 2.24) is 0 Å². The van der Waals surface area contributed by atoms with E-state index in [-0.39, 0.29) is 12.4 Å². The molecule has 2 nitrogen and oxygen atoms in total. The third-order valence-corrected chi connectivity index (χ3v) is 3.10. The summed E-state index contributed by atoms with van der Waals surface area (Å²) in [6, 6.07) is 13.6. The number of ether oxygens (including phenoxy) is 1. The fourth-order valence-electron chi connectivity index (χ4n) is 1.93. The molecule has 0 radical (unpaired) electrons. The van der Waals surface area contributed by atoms with Crippen LogP contribution in [0.15, 0.2) is 54.6 Å². The highest BCUT2D eigenvalue weighted by molar-refractivity contribution is 5.35. The third-order valence-electron chi connectivity index (χ3n) is 3.10. The van der Waals surface area contributed by atoms with Crippen LogP contribution in [0.5, 0.6) is 5.75 Å². The zero-order valence-electron chi connectivity index (χ0n) is 11.4. The molecule has 0 bridgehead atoms. The number of aliphatic hydroxyl groups is 1. The van der Waals surface area contributed by atoms with Crippen molar-refractivity contribution in [3.8, 4) is 5.75 Å². The standard InChI is InChI=1S/C16H15F3O2/c1-15(20,12-7-3-2-4-8-12)11-21-14-10-6-5-9-13(14)16(17,18)19/h2-10,20H,11H2,1H3. The normalized spacial score (nSPS) is 14.5. The minimum absolute atomic E-state index is 0.274. The Morgan fingerprint density at radius 2 is 1.52 bits per heavy atom. The van der Waals surface area contributed by atoms with Gasteiger partial charge in [-0.2, -0.15) is 13.2 Å². The Hall–Kier alpha value is -2.01. The molecule has 0 aliphatic rings. The smallest absolute Gasteiger partial charge is 0.419 e. The highest BCUT2D eigenvalue weighted by Crippen LogP contribution is 2.36. The predicted molar refractivity (Wildman–Crippen MR) is 73.0 cm³/mol. The molecule has 1 N–H and O–H groups in total. The lowest BCUT2D eigenvalue weighted by atomic mass is 9.97. The third kappa shape index (κ3) is 3.76. The zero-order chi connectivity index (χ0) is 15.5. The maximum absolute atomic E-state index is 12.8. The zero-order valence-corrected chi connectivity index (χ0v) is 11.4. The second kappa shape index (κ2) is 5.77. The molecule has 0 heterocycles. The van der Waals surface area contributed by atoms with Crippen LogP contribution in [-0.2, 0) is 11.8 Å². The number of rotatable bonds is 4. The first-order valence-corrected chi connectivity index (χ1v) is 6.37. The number of benzene rings is 2. The first-order chi connectivity index (χ1) is 9.81. The summed E-state index contributed by atoms with van der Waals surface area (Å²) in [6.45, 7) is 1.22. The summed E-state index contributed by atoms with van der Waals surface area (Å²) in [5, 5.41) is 10.3. The molecule has 2 rings (SSSR count). The summed E-state index contributed by atoms with van der Waals surface area (Å²) in [5.74, 6) is -0.291. The van der Waals surface area contributed by atoms with Crippen LogP contribution >= 0.6 is 0 Å². The lowest BCUT2D eigenvalue weighted by molar-refractivity contribution is -0.139. The van der Waals surface area contributed by atoms with E-state index in [4.69, 9.17) is 4.74 Å². The van der Waals surface area contributed by atoms with Gasteiger partial charge in [0.15, 0.2) is 0 Å². The summed E-state index contributed by atoms with van der Waals surface area (Å²) < 4.78 is 43.8. The molecule has 0 spiro atoms. The highest BCUT2D eigenvalue weighted by Gasteiger charge is 2.34. The van der Waals surface area contributed by atoms with Crippen molar-refractivity contribution in [1.29, 1.82) is 0 Å². The van der Waals surface area contributed by atoms with Crippen molar-refractivity contribution in [3.05, 3.63) is 65.7 Å². The number of hydrogen-bond acceptors (Lipinski definition) is 2. The maximum Gasteiger partial charge on any atom is 0.419 e. The monoisotopic (exact) mass is 296 g/mol. The van der Waals surface area contributed by atoms with Gasteiger partial charge in [-0.1, -0.05) is 42.5 Å². The van der Waals surface area contributed by atoms with Crippen LogP contribution in [0.2, 0.25) is 0 Å². The SMILES string of the molecule is CC(O)(COc1ccccc1C(F)(F)F)c1ccccc1. The molecule has 0 amide bonds. The average Bonchev–Trinajstić information content (AvgIpc) is 2.45. The number of hydrogen-bond donors (Lipinski definition) is 1. The fourth-order valence-corrected chi connectivity index (χ4v) is 1.93. The van der Waals surface area contributed by atoms with Crippen LogP contribution in [0, 0.1) is 0 Å². The lowest BCUT2D eigenvalue weighted by Gasteiger charge is -2.25. The second-order valence-corrected chi connectivity index (χ2v) is 4.92. The van der Waals surface area contributed by atoms with Crippen molar-refractivity contribution in [2.75, 3.05) is 6.61 Å². The van der Waals surface area contributed by atoms with E-state index in [9.17, 15) is 18.3 Å². The molecule has 21 heavy (non-hydrogen) atoms. The Morgan fingerprint density at radius 1 is 0.952 bits per heavy atom. The Balaban J connectivity index is 2.17. The molecule has 0 fully saturated rings. The Bertz CT molecular complexity index is 592. The van der Waals surface area contributed by atoms with Crippen molar-refractivity contribution < 1.29 is 23.0 Å². The van der Waals surface area contributed by atoms with E-state index in [1.165, 1.54) is 25.1 Å². The summed E-state index contributed by atoms with van der Waals surface area (Å²) in [4.78, 5) is 0. The maximum atomic E-state index is 12.8. The van der Waals surface area contributed by atoms with E-state index >= 15 is 0 Å². The van der Waals surface area contributed by atoms with Crippen LogP contribution in [0.1, 0.15) is 18.1 Å². The Labute approximate surface area is 120 Å². The van der Waals surface area contributed by atoms with E-state index in [2.05, 4.69) is 0 Å². The molecule has 0 aliphatic carbocycles. The minimum Gasteiger partial charge on any atom is -0.490 e. The number of para-hydroxylation sites is 1. The molecule has 112 valence electrons. The van der Waals surface area contributed by atoms with Crippen LogP contribution in [0.25, 0.3) is 0 Å². The number of halogens is 3. The van der Waals surface area contributed by atoms with Gasteiger partial charge >= 0.3 is 6.18 Å². The first-order valence-electron chi connectivity index (χ1n) is 6.37. The van der Waals surface area contributed by atoms with Crippen molar-refractivity contribution in [2.24, 2.45) is 0 Å². The van der Waals surface area contributed by atoms with Crippen LogP contribution < -0.4 is 4.74 Å². The van der Waals surface area contributed by atoms with Gasteiger partial charge in [0.05, 0.1) is 5.56 Å². The topological polar surface area (TPSA) is 29.5 Å². The van der Waals surface area contributed by atoms with Gasteiger partial charge in [-0.3, -0.25) is 0 Å². The average molecular weight is 296 g/mol. The first kappa shape index (κ1) is 15.4. The van der Waals surface area contributed by atoms with Gasteiger partial charge < -0.3 is 9.84 Å². The fraction of sp³-hybridized carbons (Fsp3) is 0.250. The molecule has 1 atom stereocenters. The molecule has 0 aliphatic heterocycles. The van der Waals surface area contributed by atoms with Gasteiger partial charge in [0.1, 0.15) is 18.0 Å². The van der Waals surface area contributed by atoms with E-state index in [1.54, 1.807) is 30.3 Å². The van der Waals surface area contributed by atoms with Crippen LogP contribution in [-0.4, -0.2) is 11.7 Å². The highest BCUT2D eigenvalue weighted by atomic mass is 19.4. The van der Waals surface area contributed by atoms with Crippen molar-refractivity contribution in [3.63, 3.8) is 0 Å². The summed E-state index contributed by atoms with van der Waals surface area (Å²) in [5.41, 5.74) is -1.65. The van der Waals surface area contributed by atoms with Gasteiger partial charge in [0.25, 0.3) is 0 Å². The van der Waals surface area contributed by atoms with Gasteiger partial charge in [-0.25, -0.2) is 0 Å². The molecule has 0 saturated carbocycles. The molecule has 2 aromatic carbocycles. The van der Waals surface area contributed by atoms with Gasteiger partial charge in [-0.15, -0.1) is 0 Å². The van der Waals surface area contributed by atoms with E-state index in [1.807, 2.05) is 0 Å². The van der Waals surface area contributed by atoms with E-state index in [0.717, 1.165) is 6.07 Å². The molecule has 1 unspecified atom stereocenters. The molecular formula is C16H15F3O2. The van der Waals surface area contributed by atoms with E-state index in [0.29, 0.717) is 5.56 Å². The molecule has 0 saturated heterocycles. The largest absolute Gasteiger partial charge is 0.490 e. The summed E-state index contributed by atoms with van der Waals surface area (Å²) in [7, 11) is 0. The van der Waals surface area contributed by atoms with Gasteiger partial charge in [-0.05, 0) is 24.6 Å².